The molecule has 1 nitrogen and oxygen atoms in total. The predicted molar refractivity (Wildman–Crippen MR) is 88.4 cm³/mol. The first-order valence-corrected chi connectivity index (χ1v) is 7.92. The molecule has 0 aliphatic heterocycles. The highest BCUT2D eigenvalue weighted by molar-refractivity contribution is 4.77. The molecule has 0 rings (SSSR count). The van der Waals surface area contributed by atoms with Gasteiger partial charge in [-0.3, -0.25) is 4.90 Å². The fraction of sp³-hybridized carbons (Fsp3) is 1.00. The molecule has 0 radical (unpaired) electrons. The van der Waals surface area contributed by atoms with Crippen molar-refractivity contribution in [2.24, 2.45) is 5.41 Å². The second-order valence-corrected chi connectivity index (χ2v) is 6.47. The van der Waals surface area contributed by atoms with Crippen LogP contribution in [0.5, 0.6) is 0 Å². The third-order valence-corrected chi connectivity index (χ3v) is 2.57. The highest BCUT2D eigenvalue weighted by Gasteiger charge is 2.22. The van der Waals surface area contributed by atoms with E-state index in [0.29, 0.717) is 11.0 Å². The summed E-state index contributed by atoms with van der Waals surface area (Å²) in [6.45, 7) is 26.6. The summed E-state index contributed by atoms with van der Waals surface area (Å²) in [5, 5.41) is 0. The zero-order valence-corrected chi connectivity index (χ0v) is 15.3. The second kappa shape index (κ2) is 12.0. The van der Waals surface area contributed by atoms with Gasteiger partial charge in [0.25, 0.3) is 0 Å². The van der Waals surface area contributed by atoms with E-state index < -0.39 is 0 Å². The molecular formula is C17H41N. The first-order chi connectivity index (χ1) is 8.17. The van der Waals surface area contributed by atoms with Crippen molar-refractivity contribution in [3.8, 4) is 0 Å². The van der Waals surface area contributed by atoms with Crippen LogP contribution in [0.15, 0.2) is 0 Å². The van der Waals surface area contributed by atoms with E-state index in [1.165, 1.54) is 25.9 Å². The van der Waals surface area contributed by atoms with Crippen molar-refractivity contribution in [3.63, 3.8) is 0 Å². The van der Waals surface area contributed by atoms with Crippen molar-refractivity contribution in [2.45, 2.75) is 94.5 Å². The van der Waals surface area contributed by atoms with Gasteiger partial charge < -0.3 is 0 Å². The number of hydrogen-bond donors (Lipinski definition) is 0. The largest absolute Gasteiger partial charge is 0.298 e. The summed E-state index contributed by atoms with van der Waals surface area (Å²) in [7, 11) is 0. The van der Waals surface area contributed by atoms with Crippen LogP contribution in [0.25, 0.3) is 0 Å². The van der Waals surface area contributed by atoms with E-state index in [-0.39, 0.29) is 0 Å². The van der Waals surface area contributed by atoms with Crippen LogP contribution < -0.4 is 0 Å². The number of rotatable bonds is 4. The van der Waals surface area contributed by atoms with Gasteiger partial charge in [-0.05, 0) is 52.1 Å². The lowest BCUT2D eigenvalue weighted by molar-refractivity contribution is 0.118. The summed E-state index contributed by atoms with van der Waals surface area (Å²) >= 11 is 0. The maximum Gasteiger partial charge on any atom is 0.0125 e. The molecule has 0 aromatic heterocycles. The fourth-order valence-corrected chi connectivity index (χ4v) is 1.52. The summed E-state index contributed by atoms with van der Waals surface area (Å²) in [6, 6.07) is 0. The second-order valence-electron chi connectivity index (χ2n) is 6.47. The zero-order valence-electron chi connectivity index (χ0n) is 15.3. The molecule has 114 valence electrons. The van der Waals surface area contributed by atoms with Crippen molar-refractivity contribution < 1.29 is 0 Å². The van der Waals surface area contributed by atoms with E-state index in [0.717, 1.165) is 0 Å². The van der Waals surface area contributed by atoms with Gasteiger partial charge in [0, 0.05) is 5.54 Å². The van der Waals surface area contributed by atoms with Gasteiger partial charge in [0.2, 0.25) is 0 Å². The molecule has 1 heteroatoms. The highest BCUT2D eigenvalue weighted by atomic mass is 15.2. The predicted octanol–water partition coefficient (Wildman–Crippen LogP) is 5.99. The highest BCUT2D eigenvalue weighted by Crippen LogP contribution is 2.22. The third-order valence-electron chi connectivity index (χ3n) is 2.57. The molecule has 0 saturated carbocycles. The minimum absolute atomic E-state index is 0.321. The van der Waals surface area contributed by atoms with Gasteiger partial charge >= 0.3 is 0 Å². The van der Waals surface area contributed by atoms with Crippen LogP contribution >= 0.6 is 0 Å². The minimum Gasteiger partial charge on any atom is -0.298 e. The molecule has 0 aliphatic carbocycles. The lowest BCUT2D eigenvalue weighted by Crippen LogP contribution is -2.43. The van der Waals surface area contributed by atoms with Crippen molar-refractivity contribution >= 4 is 0 Å². The first kappa shape index (κ1) is 23.1. The van der Waals surface area contributed by atoms with Crippen molar-refractivity contribution in [1.82, 2.24) is 4.90 Å². The standard InChI is InChI=1S/C13H29N.2C2H6/c1-8-10-14(13(5,6)7)11-9-12(2,3)4;2*1-2/h8-11H2,1-7H3;2*1-2H3. The van der Waals surface area contributed by atoms with Crippen LogP contribution in [0.3, 0.4) is 0 Å². The fourth-order valence-electron chi connectivity index (χ4n) is 1.52. The van der Waals surface area contributed by atoms with Crippen molar-refractivity contribution in [2.75, 3.05) is 13.1 Å². The maximum atomic E-state index is 2.60. The molecule has 0 amide bonds. The molecule has 0 aromatic carbocycles. The Bertz CT molecular complexity index is 148. The quantitative estimate of drug-likeness (QED) is 0.600. The summed E-state index contributed by atoms with van der Waals surface area (Å²) < 4.78 is 0. The molecule has 0 aliphatic rings. The van der Waals surface area contributed by atoms with Crippen LogP contribution in [0.4, 0.5) is 0 Å². The van der Waals surface area contributed by atoms with Gasteiger partial charge in [0.1, 0.15) is 0 Å². The Balaban J connectivity index is -0.000000506. The summed E-state index contributed by atoms with van der Waals surface area (Å²) in [5.41, 5.74) is 0.776. The minimum atomic E-state index is 0.321. The summed E-state index contributed by atoms with van der Waals surface area (Å²) in [5.74, 6) is 0. The normalized spacial score (nSPS) is 11.3. The SMILES string of the molecule is CC.CC.CCCN(CCC(C)(C)C)C(C)(C)C. The van der Waals surface area contributed by atoms with Crippen molar-refractivity contribution in [1.29, 1.82) is 0 Å². The summed E-state index contributed by atoms with van der Waals surface area (Å²) in [6.07, 6.45) is 2.53. The average Bonchev–Trinajstić information content (AvgIpc) is 2.27. The zero-order chi connectivity index (χ0) is 15.4. The van der Waals surface area contributed by atoms with Crippen LogP contribution in [0.2, 0.25) is 0 Å². The van der Waals surface area contributed by atoms with Crippen LogP contribution in [-0.4, -0.2) is 23.5 Å². The molecule has 0 fully saturated rings. The van der Waals surface area contributed by atoms with E-state index in [2.05, 4.69) is 53.4 Å². The van der Waals surface area contributed by atoms with E-state index in [1.807, 2.05) is 27.7 Å². The molecular weight excluding hydrogens is 218 g/mol. The van der Waals surface area contributed by atoms with Gasteiger partial charge in [-0.15, -0.1) is 0 Å². The Morgan fingerprint density at radius 3 is 1.33 bits per heavy atom. The number of nitrogens with zero attached hydrogens (tertiary/aromatic N) is 1. The Hall–Kier alpha value is -0.0400. The smallest absolute Gasteiger partial charge is 0.0125 e. The van der Waals surface area contributed by atoms with E-state index in [9.17, 15) is 0 Å². The van der Waals surface area contributed by atoms with Crippen molar-refractivity contribution in [3.05, 3.63) is 0 Å². The number of hydrogen-bond acceptors (Lipinski definition) is 1. The lowest BCUT2D eigenvalue weighted by atomic mass is 9.91. The Labute approximate surface area is 118 Å². The average molecular weight is 260 g/mol. The molecule has 0 saturated heterocycles. The van der Waals surface area contributed by atoms with Gasteiger partial charge in [-0.25, -0.2) is 0 Å². The lowest BCUT2D eigenvalue weighted by Gasteiger charge is -2.37. The van der Waals surface area contributed by atoms with E-state index >= 15 is 0 Å². The van der Waals surface area contributed by atoms with Gasteiger partial charge in [0.05, 0.1) is 0 Å². The molecule has 0 N–H and O–H groups in total. The molecule has 0 spiro atoms. The van der Waals surface area contributed by atoms with E-state index in [4.69, 9.17) is 0 Å². The molecule has 0 unspecified atom stereocenters. The van der Waals surface area contributed by atoms with Crippen LogP contribution in [0, 0.1) is 5.41 Å². The molecule has 18 heavy (non-hydrogen) atoms. The Morgan fingerprint density at radius 2 is 1.11 bits per heavy atom. The Kier molecular flexibility index (Phi) is 15.4. The van der Waals surface area contributed by atoms with Gasteiger partial charge in [-0.1, -0.05) is 55.4 Å². The van der Waals surface area contributed by atoms with Gasteiger partial charge in [-0.2, -0.15) is 0 Å². The molecule has 0 heterocycles. The maximum absolute atomic E-state index is 2.60. The van der Waals surface area contributed by atoms with Crippen LogP contribution in [0.1, 0.15) is 89.0 Å². The van der Waals surface area contributed by atoms with Gasteiger partial charge in [0.15, 0.2) is 0 Å². The summed E-state index contributed by atoms with van der Waals surface area (Å²) in [4.78, 5) is 2.60. The topological polar surface area (TPSA) is 3.24 Å². The molecule has 0 aromatic rings. The third kappa shape index (κ3) is 16.0. The first-order valence-electron chi connectivity index (χ1n) is 7.92. The molecule has 0 atom stereocenters. The monoisotopic (exact) mass is 259 g/mol. The van der Waals surface area contributed by atoms with Crippen LogP contribution in [-0.2, 0) is 0 Å². The van der Waals surface area contributed by atoms with E-state index in [1.54, 1.807) is 0 Å². The Morgan fingerprint density at radius 1 is 0.722 bits per heavy atom. The molecule has 0 bridgehead atoms.